The van der Waals surface area contributed by atoms with E-state index in [-0.39, 0.29) is 5.91 Å². The van der Waals surface area contributed by atoms with Crippen molar-refractivity contribution < 1.29 is 9.53 Å². The van der Waals surface area contributed by atoms with Gasteiger partial charge in [0.2, 0.25) is 0 Å². The van der Waals surface area contributed by atoms with Crippen molar-refractivity contribution in [2.24, 2.45) is 0 Å². The smallest absolute Gasteiger partial charge is 0.269 e. The number of aromatic nitrogens is 1. The Morgan fingerprint density at radius 2 is 1.90 bits per heavy atom. The average molecular weight is 284 g/mol. The van der Waals surface area contributed by atoms with Crippen molar-refractivity contribution in [2.45, 2.75) is 18.9 Å². The standard InChI is InChI=1S/C17H20N2O2/c1-3-17(21-2,14-9-5-4-6-10-14)13-19-16(20)15-11-7-8-12-18-15/h4-12H,3,13H2,1-2H3,(H,19,20). The normalized spacial score (nSPS) is 13.4. The van der Waals surface area contributed by atoms with Crippen molar-refractivity contribution in [2.75, 3.05) is 13.7 Å². The maximum atomic E-state index is 12.1. The van der Waals surface area contributed by atoms with Gasteiger partial charge in [-0.05, 0) is 24.1 Å². The Balaban J connectivity index is 2.13. The van der Waals surface area contributed by atoms with E-state index < -0.39 is 5.60 Å². The second-order valence-corrected chi connectivity index (χ2v) is 4.82. The van der Waals surface area contributed by atoms with Gasteiger partial charge in [-0.25, -0.2) is 0 Å². The zero-order valence-electron chi connectivity index (χ0n) is 12.4. The number of methoxy groups -OCH3 is 1. The third-order valence-electron chi connectivity index (χ3n) is 3.69. The summed E-state index contributed by atoms with van der Waals surface area (Å²) in [4.78, 5) is 16.2. The van der Waals surface area contributed by atoms with Crippen molar-refractivity contribution in [1.82, 2.24) is 10.3 Å². The number of hydrogen-bond acceptors (Lipinski definition) is 3. The first-order valence-corrected chi connectivity index (χ1v) is 7.02. The van der Waals surface area contributed by atoms with E-state index in [4.69, 9.17) is 4.74 Å². The summed E-state index contributed by atoms with van der Waals surface area (Å²) in [6.07, 6.45) is 2.37. The van der Waals surface area contributed by atoms with E-state index in [0.717, 1.165) is 12.0 Å². The maximum Gasteiger partial charge on any atom is 0.269 e. The van der Waals surface area contributed by atoms with Crippen LogP contribution in [-0.4, -0.2) is 24.5 Å². The minimum Gasteiger partial charge on any atom is -0.372 e. The molecule has 0 saturated carbocycles. The van der Waals surface area contributed by atoms with Crippen LogP contribution in [-0.2, 0) is 10.3 Å². The van der Waals surface area contributed by atoms with Gasteiger partial charge in [-0.15, -0.1) is 0 Å². The fourth-order valence-electron chi connectivity index (χ4n) is 2.32. The predicted octanol–water partition coefficient (Wildman–Crippen LogP) is 2.76. The molecule has 1 atom stereocenters. The van der Waals surface area contributed by atoms with Gasteiger partial charge in [-0.2, -0.15) is 0 Å². The summed E-state index contributed by atoms with van der Waals surface area (Å²) < 4.78 is 5.72. The lowest BCUT2D eigenvalue weighted by atomic mass is 9.90. The van der Waals surface area contributed by atoms with Crippen molar-refractivity contribution in [1.29, 1.82) is 0 Å². The Morgan fingerprint density at radius 1 is 1.19 bits per heavy atom. The van der Waals surface area contributed by atoms with Gasteiger partial charge in [0, 0.05) is 13.3 Å². The third kappa shape index (κ3) is 3.47. The van der Waals surface area contributed by atoms with Crippen molar-refractivity contribution >= 4 is 5.91 Å². The van der Waals surface area contributed by atoms with Crippen LogP contribution in [0.2, 0.25) is 0 Å². The van der Waals surface area contributed by atoms with Gasteiger partial charge in [0.1, 0.15) is 11.3 Å². The molecule has 4 heteroatoms. The SMILES string of the molecule is CCC(CNC(=O)c1ccccn1)(OC)c1ccccc1. The fourth-order valence-corrected chi connectivity index (χ4v) is 2.32. The van der Waals surface area contributed by atoms with Gasteiger partial charge < -0.3 is 10.1 Å². The summed E-state index contributed by atoms with van der Waals surface area (Å²) >= 11 is 0. The first-order chi connectivity index (χ1) is 10.2. The molecular weight excluding hydrogens is 264 g/mol. The summed E-state index contributed by atoms with van der Waals surface area (Å²) in [6.45, 7) is 2.45. The third-order valence-corrected chi connectivity index (χ3v) is 3.69. The highest BCUT2D eigenvalue weighted by molar-refractivity contribution is 5.92. The highest BCUT2D eigenvalue weighted by Gasteiger charge is 2.30. The summed E-state index contributed by atoms with van der Waals surface area (Å²) in [5.41, 5.74) is 0.939. The summed E-state index contributed by atoms with van der Waals surface area (Å²) in [7, 11) is 1.67. The lowest BCUT2D eigenvalue weighted by Gasteiger charge is -2.32. The number of nitrogens with zero attached hydrogens (tertiary/aromatic N) is 1. The van der Waals surface area contributed by atoms with Crippen LogP contribution in [0.15, 0.2) is 54.7 Å². The lowest BCUT2D eigenvalue weighted by molar-refractivity contribution is -0.0164. The predicted molar refractivity (Wildman–Crippen MR) is 82.0 cm³/mol. The molecule has 110 valence electrons. The molecule has 1 N–H and O–H groups in total. The average Bonchev–Trinajstić information content (AvgIpc) is 2.58. The van der Waals surface area contributed by atoms with Gasteiger partial charge in [0.15, 0.2) is 0 Å². The number of benzene rings is 1. The van der Waals surface area contributed by atoms with Crippen LogP contribution >= 0.6 is 0 Å². The quantitative estimate of drug-likeness (QED) is 0.887. The molecule has 0 saturated heterocycles. The Labute approximate surface area is 125 Å². The van der Waals surface area contributed by atoms with Gasteiger partial charge in [-0.1, -0.05) is 43.3 Å². The van der Waals surface area contributed by atoms with E-state index >= 15 is 0 Å². The summed E-state index contributed by atoms with van der Waals surface area (Å²) in [5, 5.41) is 2.91. The number of pyridine rings is 1. The molecule has 0 bridgehead atoms. The highest BCUT2D eigenvalue weighted by atomic mass is 16.5. The molecule has 4 nitrogen and oxygen atoms in total. The van der Waals surface area contributed by atoms with Gasteiger partial charge in [0.25, 0.3) is 5.91 Å². The molecule has 21 heavy (non-hydrogen) atoms. The molecule has 1 aromatic heterocycles. The van der Waals surface area contributed by atoms with E-state index in [1.165, 1.54) is 0 Å². The van der Waals surface area contributed by atoms with Crippen molar-refractivity contribution in [3.8, 4) is 0 Å². The topological polar surface area (TPSA) is 51.2 Å². The molecule has 1 heterocycles. The number of carbonyl (C=O) groups is 1. The molecule has 1 amide bonds. The minimum absolute atomic E-state index is 0.193. The minimum atomic E-state index is -0.522. The molecule has 1 unspecified atom stereocenters. The van der Waals surface area contributed by atoms with Crippen LogP contribution in [0.4, 0.5) is 0 Å². The largest absolute Gasteiger partial charge is 0.372 e. The lowest BCUT2D eigenvalue weighted by Crippen LogP contribution is -2.42. The zero-order valence-corrected chi connectivity index (χ0v) is 12.4. The van der Waals surface area contributed by atoms with Crippen LogP contribution in [0.25, 0.3) is 0 Å². The molecule has 2 aromatic rings. The maximum absolute atomic E-state index is 12.1. The highest BCUT2D eigenvalue weighted by Crippen LogP contribution is 2.28. The van der Waals surface area contributed by atoms with Gasteiger partial charge in [0.05, 0.1) is 6.54 Å². The molecule has 0 aliphatic carbocycles. The second kappa shape index (κ2) is 6.99. The number of carbonyl (C=O) groups excluding carboxylic acids is 1. The van der Waals surface area contributed by atoms with Gasteiger partial charge >= 0.3 is 0 Å². The molecule has 0 aliphatic rings. The second-order valence-electron chi connectivity index (χ2n) is 4.82. The molecule has 2 rings (SSSR count). The van der Waals surface area contributed by atoms with Crippen LogP contribution in [0, 0.1) is 0 Å². The molecule has 0 aliphatic heterocycles. The van der Waals surface area contributed by atoms with E-state index in [9.17, 15) is 4.79 Å². The van der Waals surface area contributed by atoms with E-state index in [0.29, 0.717) is 12.2 Å². The van der Waals surface area contributed by atoms with Crippen molar-refractivity contribution in [3.05, 3.63) is 66.0 Å². The number of amides is 1. The molecule has 0 spiro atoms. The Hall–Kier alpha value is -2.20. The monoisotopic (exact) mass is 284 g/mol. The Kier molecular flexibility index (Phi) is 5.06. The Morgan fingerprint density at radius 3 is 2.48 bits per heavy atom. The molecular formula is C17H20N2O2. The number of hydrogen-bond donors (Lipinski definition) is 1. The van der Waals surface area contributed by atoms with Crippen LogP contribution in [0.5, 0.6) is 0 Å². The van der Waals surface area contributed by atoms with Gasteiger partial charge in [-0.3, -0.25) is 9.78 Å². The molecule has 0 radical (unpaired) electrons. The van der Waals surface area contributed by atoms with E-state index in [1.54, 1.807) is 31.5 Å². The van der Waals surface area contributed by atoms with Crippen LogP contribution in [0.3, 0.4) is 0 Å². The fraction of sp³-hybridized carbons (Fsp3) is 0.294. The van der Waals surface area contributed by atoms with E-state index in [2.05, 4.69) is 10.3 Å². The number of nitrogens with one attached hydrogen (secondary N) is 1. The zero-order chi connectivity index (χ0) is 15.1. The van der Waals surface area contributed by atoms with E-state index in [1.807, 2.05) is 37.3 Å². The van der Waals surface area contributed by atoms with Crippen LogP contribution < -0.4 is 5.32 Å². The molecule has 0 fully saturated rings. The first-order valence-electron chi connectivity index (χ1n) is 7.02. The Bertz CT molecular complexity index is 566. The number of ether oxygens (including phenoxy) is 1. The summed E-state index contributed by atoms with van der Waals surface area (Å²) in [6, 6.07) is 15.2. The number of rotatable bonds is 6. The van der Waals surface area contributed by atoms with Crippen molar-refractivity contribution in [3.63, 3.8) is 0 Å². The molecule has 1 aromatic carbocycles. The first kappa shape index (κ1) is 15.2. The summed E-state index contributed by atoms with van der Waals surface area (Å²) in [5.74, 6) is -0.193. The van der Waals surface area contributed by atoms with Crippen LogP contribution in [0.1, 0.15) is 29.4 Å².